The topological polar surface area (TPSA) is 115 Å². The Kier molecular flexibility index (Phi) is 7.77. The third kappa shape index (κ3) is 6.51. The number of hydrogen-bond acceptors (Lipinski definition) is 7. The number of rotatable bonds is 9. The zero-order chi connectivity index (χ0) is 23.2. The first-order valence-corrected chi connectivity index (χ1v) is 10.4. The van der Waals surface area contributed by atoms with E-state index in [-0.39, 0.29) is 30.1 Å². The molecule has 0 saturated carbocycles. The summed E-state index contributed by atoms with van der Waals surface area (Å²) in [5, 5.41) is 4.22. The molecule has 168 valence electrons. The summed E-state index contributed by atoms with van der Waals surface area (Å²) in [6, 6.07) is 4.71. The summed E-state index contributed by atoms with van der Waals surface area (Å²) in [7, 11) is -2.47. The molecular weight excluding hydrogens is 441 g/mol. The first-order chi connectivity index (χ1) is 14.5. The molecule has 1 aromatic heterocycles. The van der Waals surface area contributed by atoms with Crippen LogP contribution >= 0.6 is 0 Å². The van der Waals surface area contributed by atoms with Crippen molar-refractivity contribution in [3.63, 3.8) is 0 Å². The minimum Gasteiger partial charge on any atom is -0.329 e. The van der Waals surface area contributed by atoms with Crippen LogP contribution in [0, 0.1) is 12.3 Å². The van der Waals surface area contributed by atoms with Crippen molar-refractivity contribution in [2.24, 2.45) is 0 Å². The van der Waals surface area contributed by atoms with E-state index in [1.54, 1.807) is 0 Å². The van der Waals surface area contributed by atoms with Crippen LogP contribution in [0.25, 0.3) is 11.4 Å². The number of hydroxylamine groups is 2. The van der Waals surface area contributed by atoms with Crippen molar-refractivity contribution in [2.75, 3.05) is 12.9 Å². The standard InChI is InChI=1S/C18H19F3N4O5S/c1-4-6-14(24-31(27,28)5-2)16(26)25(29-3)11-12-7-9-13(10-8-12)15-22-17(30-23-15)18(19,20)21/h1,7-10,14,24H,5-6,11H2,2-3H3. The summed E-state index contributed by atoms with van der Waals surface area (Å²) >= 11 is 0. The molecule has 13 heteroatoms. The first kappa shape index (κ1) is 24.3. The molecule has 9 nitrogen and oxygen atoms in total. The van der Waals surface area contributed by atoms with Gasteiger partial charge in [0, 0.05) is 12.0 Å². The van der Waals surface area contributed by atoms with Crippen LogP contribution in [0.2, 0.25) is 0 Å². The van der Waals surface area contributed by atoms with Crippen LogP contribution in [-0.2, 0) is 32.4 Å². The van der Waals surface area contributed by atoms with Gasteiger partial charge in [-0.15, -0.1) is 12.3 Å². The van der Waals surface area contributed by atoms with Crippen molar-refractivity contribution in [2.45, 2.75) is 32.1 Å². The fourth-order valence-corrected chi connectivity index (χ4v) is 3.17. The van der Waals surface area contributed by atoms with Gasteiger partial charge in [-0.25, -0.2) is 18.2 Å². The predicted molar refractivity (Wildman–Crippen MR) is 102 cm³/mol. The van der Waals surface area contributed by atoms with Crippen LogP contribution in [0.15, 0.2) is 28.8 Å². The zero-order valence-electron chi connectivity index (χ0n) is 16.5. The van der Waals surface area contributed by atoms with E-state index < -0.39 is 34.0 Å². The Morgan fingerprint density at radius 2 is 2.00 bits per heavy atom. The molecule has 31 heavy (non-hydrogen) atoms. The molecule has 1 N–H and O–H groups in total. The highest BCUT2D eigenvalue weighted by atomic mass is 32.2. The molecule has 0 aliphatic heterocycles. The maximum atomic E-state index is 12.7. The third-order valence-corrected chi connectivity index (χ3v) is 5.40. The number of terminal acetylenes is 1. The number of amides is 1. The molecular formula is C18H19F3N4O5S. The lowest BCUT2D eigenvalue weighted by Crippen LogP contribution is -2.48. The maximum absolute atomic E-state index is 12.7. The Morgan fingerprint density at radius 3 is 2.48 bits per heavy atom. The summed E-state index contributed by atoms with van der Waals surface area (Å²) in [6.45, 7) is 1.33. The number of aromatic nitrogens is 2. The van der Waals surface area contributed by atoms with Gasteiger partial charge in [0.1, 0.15) is 6.04 Å². The Labute approximate surface area is 176 Å². The lowest BCUT2D eigenvalue weighted by molar-refractivity contribution is -0.181. The largest absolute Gasteiger partial charge is 0.471 e. The summed E-state index contributed by atoms with van der Waals surface area (Å²) < 4.78 is 67.8. The van der Waals surface area contributed by atoms with Crippen LogP contribution in [0.3, 0.4) is 0 Å². The summed E-state index contributed by atoms with van der Waals surface area (Å²) in [5.74, 6) is -0.400. The second-order valence-electron chi connectivity index (χ2n) is 6.16. The number of hydrogen-bond donors (Lipinski definition) is 1. The Morgan fingerprint density at radius 1 is 1.35 bits per heavy atom. The summed E-state index contributed by atoms with van der Waals surface area (Å²) in [4.78, 5) is 21.0. The molecule has 0 aliphatic carbocycles. The molecule has 1 heterocycles. The Hall–Kier alpha value is -2.95. The van der Waals surface area contributed by atoms with E-state index in [0.29, 0.717) is 5.56 Å². The second-order valence-corrected chi connectivity index (χ2v) is 8.20. The summed E-state index contributed by atoms with van der Waals surface area (Å²) in [6.07, 6.45) is 0.300. The molecule has 1 aromatic carbocycles. The Balaban J connectivity index is 2.15. The van der Waals surface area contributed by atoms with Gasteiger partial charge >= 0.3 is 12.1 Å². The van der Waals surface area contributed by atoms with Crippen molar-refractivity contribution < 1.29 is 35.7 Å². The quantitative estimate of drug-likeness (QED) is 0.450. The van der Waals surface area contributed by atoms with Crippen LogP contribution in [0.1, 0.15) is 24.8 Å². The third-order valence-electron chi connectivity index (χ3n) is 3.99. The van der Waals surface area contributed by atoms with E-state index in [4.69, 9.17) is 11.3 Å². The minimum atomic E-state index is -4.75. The van der Waals surface area contributed by atoms with E-state index in [1.165, 1.54) is 38.3 Å². The molecule has 1 atom stereocenters. The number of nitrogens with zero attached hydrogens (tertiary/aromatic N) is 3. The maximum Gasteiger partial charge on any atom is 0.471 e. The number of carbonyl (C=O) groups excluding carboxylic acids is 1. The minimum absolute atomic E-state index is 0.0788. The number of benzene rings is 1. The number of alkyl halides is 3. The van der Waals surface area contributed by atoms with Gasteiger partial charge in [0.25, 0.3) is 5.91 Å². The molecule has 1 unspecified atom stereocenters. The fraction of sp³-hybridized carbons (Fsp3) is 0.389. The van der Waals surface area contributed by atoms with E-state index in [1.807, 2.05) is 0 Å². The highest BCUT2D eigenvalue weighted by Gasteiger charge is 2.38. The molecule has 1 amide bonds. The van der Waals surface area contributed by atoms with Crippen molar-refractivity contribution in [3.8, 4) is 23.7 Å². The lowest BCUT2D eigenvalue weighted by atomic mass is 10.1. The molecule has 0 fully saturated rings. The van der Waals surface area contributed by atoms with E-state index in [0.717, 1.165) is 5.06 Å². The van der Waals surface area contributed by atoms with E-state index in [9.17, 15) is 26.4 Å². The SMILES string of the molecule is C#CCC(NS(=O)(=O)CC)C(=O)N(Cc1ccc(-c2noc(C(F)(F)F)n2)cc1)OC. The molecule has 0 saturated heterocycles. The first-order valence-electron chi connectivity index (χ1n) is 8.80. The van der Waals surface area contributed by atoms with Gasteiger partial charge in [-0.2, -0.15) is 18.2 Å². The number of nitrogens with one attached hydrogen (secondary N) is 1. The highest BCUT2D eigenvalue weighted by Crippen LogP contribution is 2.29. The van der Waals surface area contributed by atoms with E-state index >= 15 is 0 Å². The van der Waals surface area contributed by atoms with Crippen molar-refractivity contribution in [1.29, 1.82) is 0 Å². The number of halogens is 3. The molecule has 0 bridgehead atoms. The van der Waals surface area contributed by atoms with Crippen molar-refractivity contribution in [1.82, 2.24) is 19.9 Å². The molecule has 0 aliphatic rings. The monoisotopic (exact) mass is 460 g/mol. The van der Waals surface area contributed by atoms with Crippen LogP contribution < -0.4 is 4.72 Å². The number of sulfonamides is 1. The predicted octanol–water partition coefficient (Wildman–Crippen LogP) is 1.98. The molecule has 2 rings (SSSR count). The van der Waals surface area contributed by atoms with Crippen molar-refractivity contribution in [3.05, 3.63) is 35.7 Å². The van der Waals surface area contributed by atoms with E-state index in [2.05, 4.69) is 25.3 Å². The smallest absolute Gasteiger partial charge is 0.329 e. The highest BCUT2D eigenvalue weighted by molar-refractivity contribution is 7.89. The normalized spacial score (nSPS) is 12.9. The van der Waals surface area contributed by atoms with Gasteiger partial charge in [-0.05, 0) is 12.5 Å². The number of carbonyl (C=O) groups is 1. The van der Waals surface area contributed by atoms with Gasteiger partial charge in [-0.3, -0.25) is 9.63 Å². The molecule has 0 spiro atoms. The fourth-order valence-electron chi connectivity index (χ4n) is 2.38. The van der Waals surface area contributed by atoms with Crippen LogP contribution in [0.4, 0.5) is 13.2 Å². The van der Waals surface area contributed by atoms with Gasteiger partial charge in [-0.1, -0.05) is 29.4 Å². The lowest BCUT2D eigenvalue weighted by Gasteiger charge is -2.24. The van der Waals surface area contributed by atoms with Gasteiger partial charge in [0.2, 0.25) is 15.8 Å². The summed E-state index contributed by atoms with van der Waals surface area (Å²) in [5.41, 5.74) is 0.801. The van der Waals surface area contributed by atoms with Gasteiger partial charge < -0.3 is 4.52 Å². The average Bonchev–Trinajstić information content (AvgIpc) is 3.22. The molecule has 2 aromatic rings. The van der Waals surface area contributed by atoms with Crippen LogP contribution in [-0.4, -0.2) is 48.4 Å². The van der Waals surface area contributed by atoms with Crippen LogP contribution in [0.5, 0.6) is 0 Å². The average molecular weight is 460 g/mol. The second kappa shape index (κ2) is 9.90. The van der Waals surface area contributed by atoms with Gasteiger partial charge in [0.15, 0.2) is 0 Å². The van der Waals surface area contributed by atoms with Crippen molar-refractivity contribution >= 4 is 15.9 Å². The zero-order valence-corrected chi connectivity index (χ0v) is 17.3. The molecule has 0 radical (unpaired) electrons. The van der Waals surface area contributed by atoms with Gasteiger partial charge in [0.05, 0.1) is 19.4 Å². The Bertz CT molecular complexity index is 1050.